The first kappa shape index (κ1) is 18.1. The van der Waals surface area contributed by atoms with Gasteiger partial charge < -0.3 is 4.90 Å². The number of hydrogen-bond acceptors (Lipinski definition) is 4. The molecule has 0 radical (unpaired) electrons. The van der Waals surface area contributed by atoms with E-state index >= 15 is 0 Å². The molecule has 142 valence electrons. The molecule has 0 aliphatic carbocycles. The summed E-state index contributed by atoms with van der Waals surface area (Å²) in [5.41, 5.74) is 3.38. The van der Waals surface area contributed by atoms with Gasteiger partial charge in [-0.2, -0.15) is 0 Å². The van der Waals surface area contributed by atoms with Crippen LogP contribution in [0.15, 0.2) is 36.7 Å². The van der Waals surface area contributed by atoms with Gasteiger partial charge in [-0.15, -0.1) is 0 Å². The quantitative estimate of drug-likeness (QED) is 0.817. The van der Waals surface area contributed by atoms with E-state index in [1.807, 2.05) is 24.5 Å². The molecule has 1 aromatic heterocycles. The van der Waals surface area contributed by atoms with Crippen molar-refractivity contribution < 1.29 is 4.79 Å². The second kappa shape index (κ2) is 7.77. The van der Waals surface area contributed by atoms with Gasteiger partial charge >= 0.3 is 0 Å². The van der Waals surface area contributed by atoms with E-state index in [1.165, 1.54) is 5.56 Å². The Hall–Kier alpha value is -2.27. The number of amides is 1. The highest BCUT2D eigenvalue weighted by Gasteiger charge is 2.39. The summed E-state index contributed by atoms with van der Waals surface area (Å²) in [6.45, 7) is 7.75. The Balaban J connectivity index is 1.47. The van der Waals surface area contributed by atoms with Gasteiger partial charge in [-0.25, -0.2) is 9.97 Å². The van der Waals surface area contributed by atoms with E-state index in [0.717, 1.165) is 62.4 Å². The summed E-state index contributed by atoms with van der Waals surface area (Å²) in [5, 5.41) is 0. The van der Waals surface area contributed by atoms with Crippen LogP contribution in [0.4, 0.5) is 0 Å². The lowest BCUT2D eigenvalue weighted by Crippen LogP contribution is -2.48. The third-order valence-electron chi connectivity index (χ3n) is 5.83. The molecule has 5 rings (SSSR count). The first-order valence-corrected chi connectivity index (χ1v) is 10.1. The number of aromatic nitrogens is 2. The van der Waals surface area contributed by atoms with Crippen LogP contribution in [0.3, 0.4) is 0 Å². The van der Waals surface area contributed by atoms with Crippen LogP contribution in [0, 0.1) is 12.8 Å². The second-order valence-corrected chi connectivity index (χ2v) is 7.88. The van der Waals surface area contributed by atoms with Crippen molar-refractivity contribution in [2.24, 2.45) is 5.92 Å². The Kier molecular flexibility index (Phi) is 5.21. The summed E-state index contributed by atoms with van der Waals surface area (Å²) in [6.07, 6.45) is 7.07. The molecule has 1 amide bonds. The second-order valence-electron chi connectivity index (χ2n) is 7.88. The van der Waals surface area contributed by atoms with Gasteiger partial charge in [0.15, 0.2) is 5.82 Å². The number of carbonyl (C=O) groups excluding carboxylic acids is 1. The molecule has 3 fully saturated rings. The number of nitrogens with zero attached hydrogens (tertiary/aromatic N) is 4. The largest absolute Gasteiger partial charge is 0.338 e. The van der Waals surface area contributed by atoms with Gasteiger partial charge in [-0.3, -0.25) is 9.69 Å². The molecule has 1 aromatic carbocycles. The van der Waals surface area contributed by atoms with Crippen LogP contribution in [0.2, 0.25) is 0 Å². The third-order valence-corrected chi connectivity index (χ3v) is 5.83. The number of fused-ring (bicyclic) bond motifs is 4. The minimum atomic E-state index is 0.155. The SMILES string of the molecule is CCCN1C(=O)[C@@H]2CC[C@H]1CN(Cc1cnc(-c3ccccc3C)nc1)C2. The van der Waals surface area contributed by atoms with Crippen LogP contribution in [-0.2, 0) is 11.3 Å². The summed E-state index contributed by atoms with van der Waals surface area (Å²) >= 11 is 0. The molecule has 2 atom stereocenters. The molecule has 3 saturated heterocycles. The van der Waals surface area contributed by atoms with E-state index in [2.05, 4.69) is 45.7 Å². The van der Waals surface area contributed by atoms with Crippen molar-refractivity contribution in [2.75, 3.05) is 19.6 Å². The maximum Gasteiger partial charge on any atom is 0.227 e. The maximum absolute atomic E-state index is 12.7. The van der Waals surface area contributed by atoms with E-state index in [0.29, 0.717) is 11.9 Å². The topological polar surface area (TPSA) is 49.3 Å². The third kappa shape index (κ3) is 3.74. The van der Waals surface area contributed by atoms with Gasteiger partial charge in [0, 0.05) is 55.7 Å². The molecule has 4 heterocycles. The summed E-state index contributed by atoms with van der Waals surface area (Å²) in [4.78, 5) is 26.4. The van der Waals surface area contributed by atoms with Gasteiger partial charge in [0.25, 0.3) is 0 Å². The Morgan fingerprint density at radius 3 is 2.63 bits per heavy atom. The minimum Gasteiger partial charge on any atom is -0.338 e. The van der Waals surface area contributed by atoms with E-state index in [-0.39, 0.29) is 5.92 Å². The number of carbonyl (C=O) groups is 1. The van der Waals surface area contributed by atoms with Crippen molar-refractivity contribution in [1.29, 1.82) is 0 Å². The van der Waals surface area contributed by atoms with Crippen molar-refractivity contribution >= 4 is 5.91 Å². The van der Waals surface area contributed by atoms with Crippen LogP contribution >= 0.6 is 0 Å². The molecular formula is C22H28N4O. The number of piperidine rings is 1. The minimum absolute atomic E-state index is 0.155. The molecule has 3 aliphatic heterocycles. The zero-order valence-electron chi connectivity index (χ0n) is 16.3. The Morgan fingerprint density at radius 1 is 1.11 bits per heavy atom. The van der Waals surface area contributed by atoms with Crippen molar-refractivity contribution in [2.45, 2.75) is 45.7 Å². The highest BCUT2D eigenvalue weighted by molar-refractivity contribution is 5.80. The predicted molar refractivity (Wildman–Crippen MR) is 106 cm³/mol. The highest BCUT2D eigenvalue weighted by Crippen LogP contribution is 2.30. The van der Waals surface area contributed by atoms with Gasteiger partial charge in [0.1, 0.15) is 0 Å². The fourth-order valence-electron chi connectivity index (χ4n) is 4.45. The summed E-state index contributed by atoms with van der Waals surface area (Å²) < 4.78 is 0. The molecule has 0 unspecified atom stereocenters. The molecule has 3 aliphatic rings. The fourth-order valence-corrected chi connectivity index (χ4v) is 4.45. The highest BCUT2D eigenvalue weighted by atomic mass is 16.2. The number of rotatable bonds is 5. The predicted octanol–water partition coefficient (Wildman–Crippen LogP) is 3.28. The molecule has 0 saturated carbocycles. The van der Waals surface area contributed by atoms with Crippen LogP contribution in [-0.4, -0.2) is 51.4 Å². The van der Waals surface area contributed by atoms with Gasteiger partial charge in [-0.1, -0.05) is 31.2 Å². The molecular weight excluding hydrogens is 336 g/mol. The molecule has 0 spiro atoms. The van der Waals surface area contributed by atoms with Gasteiger partial charge in [0.2, 0.25) is 5.91 Å². The number of aryl methyl sites for hydroxylation is 1. The Bertz CT molecular complexity index is 804. The lowest BCUT2D eigenvalue weighted by atomic mass is 9.94. The van der Waals surface area contributed by atoms with Crippen molar-refractivity contribution in [1.82, 2.24) is 19.8 Å². The number of benzene rings is 1. The Labute approximate surface area is 161 Å². The van der Waals surface area contributed by atoms with Gasteiger partial charge in [-0.05, 0) is 31.7 Å². The van der Waals surface area contributed by atoms with E-state index < -0.39 is 0 Å². The summed E-state index contributed by atoms with van der Waals surface area (Å²) in [7, 11) is 0. The van der Waals surface area contributed by atoms with E-state index in [9.17, 15) is 4.79 Å². The van der Waals surface area contributed by atoms with Crippen molar-refractivity contribution in [3.05, 3.63) is 47.8 Å². The summed E-state index contributed by atoms with van der Waals surface area (Å²) in [6, 6.07) is 8.56. The van der Waals surface area contributed by atoms with Crippen LogP contribution in [0.5, 0.6) is 0 Å². The van der Waals surface area contributed by atoms with E-state index in [4.69, 9.17) is 0 Å². The van der Waals surface area contributed by atoms with Crippen LogP contribution in [0.1, 0.15) is 37.3 Å². The average Bonchev–Trinajstić information content (AvgIpc) is 2.95. The average molecular weight is 364 g/mol. The molecule has 5 nitrogen and oxygen atoms in total. The number of hydrogen-bond donors (Lipinski definition) is 0. The van der Waals surface area contributed by atoms with Crippen molar-refractivity contribution in [3.63, 3.8) is 0 Å². The molecule has 5 heteroatoms. The fraction of sp³-hybridized carbons (Fsp3) is 0.500. The zero-order valence-corrected chi connectivity index (χ0v) is 16.3. The standard InChI is InChI=1S/C22H28N4O/c1-3-10-26-19-9-8-18(22(26)27)14-25(15-19)13-17-11-23-21(24-12-17)20-7-5-4-6-16(20)2/h4-7,11-12,18-19H,3,8-10,13-15H2,1-2H3/t18-,19+/m1/s1. The smallest absolute Gasteiger partial charge is 0.227 e. The molecule has 2 aromatic rings. The molecule has 2 bridgehead atoms. The van der Waals surface area contributed by atoms with E-state index in [1.54, 1.807) is 0 Å². The Morgan fingerprint density at radius 2 is 1.89 bits per heavy atom. The van der Waals surface area contributed by atoms with Crippen LogP contribution in [0.25, 0.3) is 11.4 Å². The van der Waals surface area contributed by atoms with Crippen LogP contribution < -0.4 is 0 Å². The zero-order chi connectivity index (χ0) is 18.8. The normalized spacial score (nSPS) is 22.9. The maximum atomic E-state index is 12.7. The molecule has 0 N–H and O–H groups in total. The van der Waals surface area contributed by atoms with Crippen molar-refractivity contribution in [3.8, 4) is 11.4 Å². The summed E-state index contributed by atoms with van der Waals surface area (Å²) in [5.74, 6) is 1.29. The lowest BCUT2D eigenvalue weighted by Gasteiger charge is -2.35. The van der Waals surface area contributed by atoms with Gasteiger partial charge in [0.05, 0.1) is 5.92 Å². The first-order chi connectivity index (χ1) is 13.2. The molecule has 27 heavy (non-hydrogen) atoms. The monoisotopic (exact) mass is 364 g/mol. The lowest BCUT2D eigenvalue weighted by molar-refractivity contribution is -0.139. The first-order valence-electron chi connectivity index (χ1n) is 10.1.